The van der Waals surface area contributed by atoms with Gasteiger partial charge in [-0.2, -0.15) is 10.2 Å². The largest absolute Gasteiger partial charge is 0.297 e. The molecular weight excluding hydrogens is 456 g/mol. The predicted molar refractivity (Wildman–Crippen MR) is 114 cm³/mol. The minimum atomic E-state index is -0.606. The first-order valence-corrected chi connectivity index (χ1v) is 9.64. The van der Waals surface area contributed by atoms with Gasteiger partial charge in [-0.05, 0) is 35.4 Å². The third kappa shape index (κ3) is 5.78. The maximum atomic E-state index is 12.0. The summed E-state index contributed by atoms with van der Waals surface area (Å²) in [4.78, 5) is 34.1. The van der Waals surface area contributed by atoms with E-state index in [9.17, 15) is 19.7 Å². The van der Waals surface area contributed by atoms with Crippen molar-refractivity contribution in [2.45, 2.75) is 12.5 Å². The van der Waals surface area contributed by atoms with Crippen LogP contribution in [0.2, 0.25) is 0 Å². The summed E-state index contributed by atoms with van der Waals surface area (Å²) in [6.07, 6.45) is 1.71. The summed E-state index contributed by atoms with van der Waals surface area (Å²) < 4.78 is 0.937. The molecule has 0 fully saturated rings. The summed E-state index contributed by atoms with van der Waals surface area (Å²) in [7, 11) is 0. The Kier molecular flexibility index (Phi) is 6.99. The van der Waals surface area contributed by atoms with Crippen molar-refractivity contribution >= 4 is 45.4 Å². The molecule has 1 aliphatic heterocycles. The van der Waals surface area contributed by atoms with Crippen LogP contribution < -0.4 is 16.2 Å². The molecule has 3 N–H and O–H groups in total. The highest BCUT2D eigenvalue weighted by molar-refractivity contribution is 9.10. The van der Waals surface area contributed by atoms with Crippen molar-refractivity contribution in [2.24, 2.45) is 10.2 Å². The van der Waals surface area contributed by atoms with Gasteiger partial charge in [0.2, 0.25) is 0 Å². The third-order valence-corrected chi connectivity index (χ3v) is 4.74. The van der Waals surface area contributed by atoms with Crippen molar-refractivity contribution in [2.75, 3.05) is 6.54 Å². The Morgan fingerprint density at radius 2 is 1.97 bits per heavy atom. The molecule has 154 valence electrons. The van der Waals surface area contributed by atoms with E-state index in [0.717, 1.165) is 10.0 Å². The van der Waals surface area contributed by atoms with Gasteiger partial charge in [0, 0.05) is 23.0 Å². The molecule has 1 atom stereocenters. The molecule has 2 aromatic carbocycles. The minimum Gasteiger partial charge on any atom is -0.297 e. The molecule has 1 aliphatic rings. The number of rotatable bonds is 7. The van der Waals surface area contributed by atoms with E-state index in [0.29, 0.717) is 17.7 Å². The molecule has 30 heavy (non-hydrogen) atoms. The lowest BCUT2D eigenvalue weighted by atomic mass is 10.0. The molecule has 0 aromatic heterocycles. The van der Waals surface area contributed by atoms with Crippen LogP contribution in [0.5, 0.6) is 0 Å². The standard InChI is InChI=1S/C19H17BrN6O4/c20-14-5-3-13(4-6-14)16-9-17(19(28)25-23-16)21-11-18(27)24-22-10-12-1-7-15(8-2-12)26(29)30/h1-8,10,17,21H,9,11H2,(H,24,27)(H,25,28)/b22-10+. The first kappa shape index (κ1) is 21.3. The van der Waals surface area contributed by atoms with Gasteiger partial charge < -0.3 is 0 Å². The van der Waals surface area contributed by atoms with Gasteiger partial charge in [-0.25, -0.2) is 10.9 Å². The second kappa shape index (κ2) is 9.85. The van der Waals surface area contributed by atoms with Gasteiger partial charge in [0.05, 0.1) is 29.4 Å². The van der Waals surface area contributed by atoms with Crippen molar-refractivity contribution in [1.82, 2.24) is 16.2 Å². The highest BCUT2D eigenvalue weighted by Gasteiger charge is 2.25. The fourth-order valence-corrected chi connectivity index (χ4v) is 2.90. The molecule has 0 spiro atoms. The molecule has 11 heteroatoms. The lowest BCUT2D eigenvalue weighted by Gasteiger charge is -2.22. The van der Waals surface area contributed by atoms with Crippen LogP contribution in [-0.4, -0.2) is 41.3 Å². The van der Waals surface area contributed by atoms with Crippen LogP contribution in [0.1, 0.15) is 17.5 Å². The summed E-state index contributed by atoms with van der Waals surface area (Å²) in [6.45, 7) is -0.122. The molecule has 1 heterocycles. The number of nitro benzene ring substituents is 1. The zero-order valence-corrected chi connectivity index (χ0v) is 17.1. The van der Waals surface area contributed by atoms with Gasteiger partial charge in [0.1, 0.15) is 0 Å². The van der Waals surface area contributed by atoms with E-state index < -0.39 is 16.9 Å². The quantitative estimate of drug-likeness (QED) is 0.319. The van der Waals surface area contributed by atoms with Crippen LogP contribution in [0.3, 0.4) is 0 Å². The number of halogens is 1. The Morgan fingerprint density at radius 3 is 2.63 bits per heavy atom. The zero-order chi connectivity index (χ0) is 21.5. The number of carbonyl (C=O) groups is 2. The number of amides is 2. The Hall–Kier alpha value is -3.44. The van der Waals surface area contributed by atoms with Gasteiger partial charge >= 0.3 is 0 Å². The molecule has 0 aliphatic carbocycles. The number of nitro groups is 1. The van der Waals surface area contributed by atoms with Crippen molar-refractivity contribution in [1.29, 1.82) is 0 Å². The van der Waals surface area contributed by atoms with Gasteiger partial charge in [0.25, 0.3) is 17.5 Å². The van der Waals surface area contributed by atoms with Crippen LogP contribution in [-0.2, 0) is 9.59 Å². The molecule has 0 saturated carbocycles. The maximum absolute atomic E-state index is 12.0. The van der Waals surface area contributed by atoms with E-state index in [1.54, 1.807) is 0 Å². The Bertz CT molecular complexity index is 1000. The first-order chi connectivity index (χ1) is 14.4. The van der Waals surface area contributed by atoms with Crippen molar-refractivity contribution in [3.05, 3.63) is 74.2 Å². The number of carbonyl (C=O) groups excluding carboxylic acids is 2. The highest BCUT2D eigenvalue weighted by Crippen LogP contribution is 2.15. The summed E-state index contributed by atoms with van der Waals surface area (Å²) >= 11 is 3.37. The maximum Gasteiger partial charge on any atom is 0.269 e. The highest BCUT2D eigenvalue weighted by atomic mass is 79.9. The van der Waals surface area contributed by atoms with Crippen molar-refractivity contribution < 1.29 is 14.5 Å². The smallest absolute Gasteiger partial charge is 0.269 e. The molecule has 0 bridgehead atoms. The number of hydrogen-bond acceptors (Lipinski definition) is 7. The molecular formula is C19H17BrN6O4. The molecule has 0 saturated heterocycles. The number of hydrogen-bond donors (Lipinski definition) is 3. The van der Waals surface area contributed by atoms with Crippen LogP contribution >= 0.6 is 15.9 Å². The fourth-order valence-electron chi connectivity index (χ4n) is 2.64. The molecule has 0 radical (unpaired) electrons. The van der Waals surface area contributed by atoms with Crippen LogP contribution in [0, 0.1) is 10.1 Å². The average molecular weight is 473 g/mol. The number of non-ortho nitro benzene ring substituents is 1. The molecule has 1 unspecified atom stereocenters. The monoisotopic (exact) mass is 472 g/mol. The van der Waals surface area contributed by atoms with Gasteiger partial charge in [-0.1, -0.05) is 28.1 Å². The van der Waals surface area contributed by atoms with E-state index >= 15 is 0 Å². The Balaban J connectivity index is 1.49. The number of nitrogens with one attached hydrogen (secondary N) is 3. The minimum absolute atomic E-state index is 0.0304. The van der Waals surface area contributed by atoms with Crippen LogP contribution in [0.4, 0.5) is 5.69 Å². The Labute approximate surface area is 179 Å². The Morgan fingerprint density at radius 1 is 1.27 bits per heavy atom. The third-order valence-electron chi connectivity index (χ3n) is 4.21. The molecule has 10 nitrogen and oxygen atoms in total. The van der Waals surface area contributed by atoms with E-state index in [1.807, 2.05) is 24.3 Å². The van der Waals surface area contributed by atoms with Crippen LogP contribution in [0.15, 0.2) is 63.2 Å². The van der Waals surface area contributed by atoms with E-state index in [2.05, 4.69) is 42.3 Å². The summed E-state index contributed by atoms with van der Waals surface area (Å²) in [6, 6.07) is 12.6. The van der Waals surface area contributed by atoms with Crippen molar-refractivity contribution in [3.8, 4) is 0 Å². The number of benzene rings is 2. The average Bonchev–Trinajstić information content (AvgIpc) is 2.74. The van der Waals surface area contributed by atoms with Gasteiger partial charge in [-0.3, -0.25) is 25.0 Å². The SMILES string of the molecule is O=C(CNC1CC(c2ccc(Br)cc2)=NNC1=O)N/N=C/c1ccc([N+](=O)[O-])cc1. The van der Waals surface area contributed by atoms with Gasteiger partial charge in [0.15, 0.2) is 0 Å². The van der Waals surface area contributed by atoms with E-state index in [4.69, 9.17) is 0 Å². The molecule has 2 aromatic rings. The normalized spacial score (nSPS) is 16.1. The first-order valence-electron chi connectivity index (χ1n) is 8.84. The summed E-state index contributed by atoms with van der Waals surface area (Å²) in [5.74, 6) is -0.758. The topological polar surface area (TPSA) is 138 Å². The summed E-state index contributed by atoms with van der Waals surface area (Å²) in [5.41, 5.74) is 6.95. The van der Waals surface area contributed by atoms with E-state index in [-0.39, 0.29) is 18.1 Å². The zero-order valence-electron chi connectivity index (χ0n) is 15.5. The summed E-state index contributed by atoms with van der Waals surface area (Å²) in [5, 5.41) is 21.4. The van der Waals surface area contributed by atoms with Crippen molar-refractivity contribution in [3.63, 3.8) is 0 Å². The lowest BCUT2D eigenvalue weighted by molar-refractivity contribution is -0.384. The lowest BCUT2D eigenvalue weighted by Crippen LogP contribution is -2.49. The van der Waals surface area contributed by atoms with E-state index in [1.165, 1.54) is 30.5 Å². The fraction of sp³-hybridized carbons (Fsp3) is 0.158. The van der Waals surface area contributed by atoms with Gasteiger partial charge in [-0.15, -0.1) is 0 Å². The van der Waals surface area contributed by atoms with Crippen LogP contribution in [0.25, 0.3) is 0 Å². The molecule has 2 amide bonds. The second-order valence-electron chi connectivity index (χ2n) is 6.32. The number of nitrogens with zero attached hydrogens (tertiary/aromatic N) is 3. The number of hydrazone groups is 2. The molecule has 3 rings (SSSR count). The second-order valence-corrected chi connectivity index (χ2v) is 7.24. The predicted octanol–water partition coefficient (Wildman–Crippen LogP) is 1.69.